The minimum absolute atomic E-state index is 0.0296. The monoisotopic (exact) mass is 385 g/mol. The number of fused-ring (bicyclic) bond motifs is 4. The number of rotatable bonds is 2. The molecule has 0 bridgehead atoms. The molecule has 0 saturated carbocycles. The molecule has 1 atom stereocenters. The molecule has 2 aromatic rings. The smallest absolute Gasteiger partial charge is 0.263 e. The molecule has 2 aromatic carbocycles. The van der Waals surface area contributed by atoms with E-state index in [9.17, 15) is 9.59 Å². The van der Waals surface area contributed by atoms with Gasteiger partial charge in [-0.25, -0.2) is 0 Å². The molecule has 4 nitrogen and oxygen atoms in total. The predicted molar refractivity (Wildman–Crippen MR) is 111 cm³/mol. The first-order valence-electron chi connectivity index (χ1n) is 9.95. The molecule has 2 aliphatic heterocycles. The molecule has 2 heterocycles. The lowest BCUT2D eigenvalue weighted by Crippen LogP contribution is -2.38. The highest BCUT2D eigenvalue weighted by atomic mass is 16.5. The minimum atomic E-state index is -0.169. The van der Waals surface area contributed by atoms with Crippen LogP contribution in [0, 0.1) is 5.41 Å². The van der Waals surface area contributed by atoms with Crippen LogP contribution in [0.2, 0.25) is 0 Å². The van der Waals surface area contributed by atoms with Crippen molar-refractivity contribution in [1.82, 2.24) is 4.90 Å². The van der Waals surface area contributed by atoms with E-state index < -0.39 is 0 Å². The van der Waals surface area contributed by atoms with E-state index in [4.69, 9.17) is 4.74 Å². The first-order chi connectivity index (χ1) is 13.9. The summed E-state index contributed by atoms with van der Waals surface area (Å²) in [5.74, 6) is 0.726. The summed E-state index contributed by atoms with van der Waals surface area (Å²) in [6.07, 6.45) is 3.29. The lowest BCUT2D eigenvalue weighted by atomic mass is 9.70. The van der Waals surface area contributed by atoms with E-state index in [1.54, 1.807) is 12.0 Å². The van der Waals surface area contributed by atoms with Crippen molar-refractivity contribution in [2.45, 2.75) is 32.6 Å². The Morgan fingerprint density at radius 3 is 2.34 bits per heavy atom. The van der Waals surface area contributed by atoms with Crippen LogP contribution in [-0.4, -0.2) is 23.7 Å². The molecule has 0 saturated heterocycles. The first kappa shape index (κ1) is 17.9. The molecule has 1 unspecified atom stereocenters. The van der Waals surface area contributed by atoms with Gasteiger partial charge in [0.2, 0.25) is 0 Å². The average molecular weight is 385 g/mol. The zero-order valence-corrected chi connectivity index (χ0v) is 16.9. The zero-order valence-electron chi connectivity index (χ0n) is 16.9. The van der Waals surface area contributed by atoms with Crippen molar-refractivity contribution in [2.75, 3.05) is 7.11 Å². The molecule has 1 aliphatic carbocycles. The summed E-state index contributed by atoms with van der Waals surface area (Å²) >= 11 is 0. The summed E-state index contributed by atoms with van der Waals surface area (Å²) in [6, 6.07) is 15.6. The van der Waals surface area contributed by atoms with E-state index in [1.165, 1.54) is 0 Å². The van der Waals surface area contributed by atoms with E-state index in [1.807, 2.05) is 48.5 Å². The number of nitrogens with zero attached hydrogens (tertiary/aromatic N) is 1. The van der Waals surface area contributed by atoms with Crippen LogP contribution in [0.25, 0.3) is 5.70 Å². The summed E-state index contributed by atoms with van der Waals surface area (Å²) in [5, 5.41) is 0. The van der Waals surface area contributed by atoms with Gasteiger partial charge in [-0.05, 0) is 41.7 Å². The number of carbonyl (C=O) groups is 2. The van der Waals surface area contributed by atoms with Gasteiger partial charge in [-0.15, -0.1) is 0 Å². The highest BCUT2D eigenvalue weighted by Crippen LogP contribution is 2.51. The fraction of sp³-hybridized carbons (Fsp3) is 0.280. The summed E-state index contributed by atoms with van der Waals surface area (Å²) in [7, 11) is 1.64. The van der Waals surface area contributed by atoms with E-state index in [2.05, 4.69) is 19.9 Å². The molecule has 0 fully saturated rings. The van der Waals surface area contributed by atoms with Crippen molar-refractivity contribution in [3.8, 4) is 5.75 Å². The number of allylic oxidation sites excluding steroid dienone is 3. The third kappa shape index (κ3) is 2.66. The highest BCUT2D eigenvalue weighted by molar-refractivity contribution is 6.13. The van der Waals surface area contributed by atoms with Crippen molar-refractivity contribution in [2.24, 2.45) is 5.41 Å². The molecule has 3 aliphatic rings. The molecule has 146 valence electrons. The van der Waals surface area contributed by atoms with Gasteiger partial charge in [-0.2, -0.15) is 0 Å². The molecule has 1 amide bonds. The van der Waals surface area contributed by atoms with Gasteiger partial charge in [0.15, 0.2) is 5.78 Å². The standard InChI is InChI=1S/C25H23NO3/c1-25(2)13-21-23(22(27)14-25)19(15-8-10-16(29-3)11-9-15)12-20-17-6-4-5-7-18(17)24(28)26(20)21/h4-12,19H,13-14H2,1-3H3. The number of Topliss-reactive ketones (excluding diaryl/α,β-unsaturated/α-hetero) is 1. The third-order valence-corrected chi connectivity index (χ3v) is 6.15. The van der Waals surface area contributed by atoms with E-state index in [0.29, 0.717) is 18.4 Å². The van der Waals surface area contributed by atoms with Gasteiger partial charge in [-0.3, -0.25) is 14.5 Å². The van der Waals surface area contributed by atoms with Crippen LogP contribution >= 0.6 is 0 Å². The van der Waals surface area contributed by atoms with Crippen LogP contribution in [0.3, 0.4) is 0 Å². The summed E-state index contributed by atoms with van der Waals surface area (Å²) in [4.78, 5) is 28.3. The zero-order chi connectivity index (χ0) is 20.3. The van der Waals surface area contributed by atoms with Crippen molar-refractivity contribution < 1.29 is 14.3 Å². The Morgan fingerprint density at radius 2 is 1.66 bits per heavy atom. The molecule has 0 aromatic heterocycles. The average Bonchev–Trinajstić information content (AvgIpc) is 2.99. The molecule has 5 rings (SSSR count). The molecule has 0 radical (unpaired) electrons. The second kappa shape index (κ2) is 6.18. The maximum atomic E-state index is 13.3. The topological polar surface area (TPSA) is 46.6 Å². The van der Waals surface area contributed by atoms with Crippen LogP contribution in [0.15, 0.2) is 65.9 Å². The number of ketones is 1. The fourth-order valence-electron chi connectivity index (χ4n) is 4.85. The number of hydrogen-bond acceptors (Lipinski definition) is 3. The van der Waals surface area contributed by atoms with Crippen molar-refractivity contribution in [3.63, 3.8) is 0 Å². The Hall–Kier alpha value is -3.14. The Balaban J connectivity index is 1.73. The molecule has 29 heavy (non-hydrogen) atoms. The van der Waals surface area contributed by atoms with Crippen molar-refractivity contribution in [1.29, 1.82) is 0 Å². The van der Waals surface area contributed by atoms with E-state index in [-0.39, 0.29) is 23.0 Å². The Bertz CT molecular complexity index is 1110. The number of ether oxygens (including phenoxy) is 1. The van der Waals surface area contributed by atoms with Crippen LogP contribution in [0.4, 0.5) is 0 Å². The number of benzene rings is 2. The maximum absolute atomic E-state index is 13.3. The van der Waals surface area contributed by atoms with Gasteiger partial charge >= 0.3 is 0 Å². The van der Waals surface area contributed by atoms with Crippen molar-refractivity contribution in [3.05, 3.63) is 82.6 Å². The van der Waals surface area contributed by atoms with Gasteiger partial charge in [0.1, 0.15) is 5.75 Å². The second-order valence-electron chi connectivity index (χ2n) is 8.79. The molecule has 4 heteroatoms. The van der Waals surface area contributed by atoms with Gasteiger partial charge in [0.05, 0.1) is 12.8 Å². The number of hydrogen-bond donors (Lipinski definition) is 0. The molecular formula is C25H23NO3. The maximum Gasteiger partial charge on any atom is 0.263 e. The Kier molecular flexibility index (Phi) is 3.82. The van der Waals surface area contributed by atoms with E-state index >= 15 is 0 Å². The third-order valence-electron chi connectivity index (χ3n) is 6.15. The predicted octanol–water partition coefficient (Wildman–Crippen LogP) is 4.93. The fourth-order valence-corrected chi connectivity index (χ4v) is 4.85. The summed E-state index contributed by atoms with van der Waals surface area (Å²) in [6.45, 7) is 4.20. The van der Waals surface area contributed by atoms with Gasteiger partial charge in [0, 0.05) is 34.7 Å². The molecule has 0 spiro atoms. The SMILES string of the molecule is COc1ccc(C2C=C3c4ccccc4C(=O)N3C3=C2C(=O)CC(C)(C)C3)cc1. The van der Waals surface area contributed by atoms with Gasteiger partial charge in [0.25, 0.3) is 5.91 Å². The van der Waals surface area contributed by atoms with Gasteiger partial charge in [-0.1, -0.05) is 44.2 Å². The van der Waals surface area contributed by atoms with Crippen molar-refractivity contribution >= 4 is 17.4 Å². The largest absolute Gasteiger partial charge is 0.497 e. The molecule has 0 N–H and O–H groups in total. The second-order valence-corrected chi connectivity index (χ2v) is 8.79. The van der Waals surface area contributed by atoms with E-state index in [0.717, 1.165) is 33.8 Å². The normalized spacial score (nSPS) is 22.1. The number of carbonyl (C=O) groups excluding carboxylic acids is 2. The van der Waals surface area contributed by atoms with Crippen LogP contribution in [0.5, 0.6) is 5.75 Å². The van der Waals surface area contributed by atoms with Crippen LogP contribution in [0.1, 0.15) is 54.1 Å². The number of amides is 1. The first-order valence-corrected chi connectivity index (χ1v) is 9.95. The number of methoxy groups -OCH3 is 1. The lowest BCUT2D eigenvalue weighted by molar-refractivity contribution is -0.118. The Labute approximate surface area is 170 Å². The minimum Gasteiger partial charge on any atom is -0.497 e. The summed E-state index contributed by atoms with van der Waals surface area (Å²) < 4.78 is 5.29. The lowest BCUT2D eigenvalue weighted by Gasteiger charge is -2.41. The van der Waals surface area contributed by atoms with Gasteiger partial charge < -0.3 is 4.74 Å². The Morgan fingerprint density at radius 1 is 0.966 bits per heavy atom. The quantitative estimate of drug-likeness (QED) is 0.736. The van der Waals surface area contributed by atoms with Crippen LogP contribution in [-0.2, 0) is 4.79 Å². The van der Waals surface area contributed by atoms with Crippen LogP contribution < -0.4 is 4.74 Å². The highest BCUT2D eigenvalue weighted by Gasteiger charge is 2.46. The summed E-state index contributed by atoms with van der Waals surface area (Å²) in [5.41, 5.74) is 5.05. The molecular weight excluding hydrogens is 362 g/mol.